The minimum atomic E-state index is -1.96. The summed E-state index contributed by atoms with van der Waals surface area (Å²) in [5, 5.41) is -0.240. The molecule has 1 fully saturated rings. The Morgan fingerprint density at radius 3 is 2.46 bits per heavy atom. The van der Waals surface area contributed by atoms with Gasteiger partial charge in [-0.2, -0.15) is 0 Å². The third-order valence-electron chi connectivity index (χ3n) is 4.10. The molecule has 1 atom stereocenters. The molecule has 2 aliphatic heterocycles. The Hall–Kier alpha value is -2.74. The Kier molecular flexibility index (Phi) is 4.31. The van der Waals surface area contributed by atoms with Crippen LogP contribution >= 0.6 is 11.6 Å². The summed E-state index contributed by atoms with van der Waals surface area (Å²) in [6, 6.07) is 3.98. The highest BCUT2D eigenvalue weighted by Crippen LogP contribution is 2.43. The van der Waals surface area contributed by atoms with Crippen molar-refractivity contribution in [2.45, 2.75) is 32.3 Å². The number of benzene rings is 1. The van der Waals surface area contributed by atoms with Crippen LogP contribution in [0.2, 0.25) is 5.02 Å². The fourth-order valence-corrected chi connectivity index (χ4v) is 3.01. The van der Waals surface area contributed by atoms with Gasteiger partial charge in [0.15, 0.2) is 0 Å². The maximum Gasteiger partial charge on any atom is 0.308 e. The number of rotatable bonds is 3. The molecule has 2 heterocycles. The number of imide groups is 1. The van der Waals surface area contributed by atoms with E-state index in [1.54, 1.807) is 0 Å². The second kappa shape index (κ2) is 6.21. The molecule has 1 saturated heterocycles. The summed E-state index contributed by atoms with van der Waals surface area (Å²) in [6.07, 6.45) is -0.148. The lowest BCUT2D eigenvalue weighted by molar-refractivity contribution is -0.144. The first kappa shape index (κ1) is 18.1. The molecule has 9 heteroatoms. The van der Waals surface area contributed by atoms with E-state index in [0.717, 1.165) is 6.92 Å². The molecule has 7 nitrogen and oxygen atoms in total. The lowest BCUT2D eigenvalue weighted by Gasteiger charge is -2.25. The monoisotopic (exact) mass is 381 g/mol. The quantitative estimate of drug-likeness (QED) is 0.589. The first-order valence-electron chi connectivity index (χ1n) is 7.63. The molecule has 0 aromatic heterocycles. The Balaban J connectivity index is 2.13. The van der Waals surface area contributed by atoms with Gasteiger partial charge in [-0.25, -0.2) is 9.29 Å². The number of ether oxygens (including phenoxy) is 2. The van der Waals surface area contributed by atoms with E-state index >= 15 is 0 Å². The number of ketones is 1. The van der Waals surface area contributed by atoms with Crippen LogP contribution in [0.1, 0.15) is 32.3 Å². The van der Waals surface area contributed by atoms with Crippen molar-refractivity contribution < 1.29 is 33.0 Å². The molecule has 0 N–H and O–H groups in total. The smallest absolute Gasteiger partial charge is 0.308 e. The highest BCUT2D eigenvalue weighted by atomic mass is 35.5. The lowest BCUT2D eigenvalue weighted by atomic mass is 9.91. The topological polar surface area (TPSA) is 90.0 Å². The number of amides is 2. The van der Waals surface area contributed by atoms with Crippen molar-refractivity contribution in [3.8, 4) is 0 Å². The molecule has 0 saturated carbocycles. The highest BCUT2D eigenvalue weighted by molar-refractivity contribution is 6.30. The summed E-state index contributed by atoms with van der Waals surface area (Å²) in [5.74, 6) is -5.02. The molecule has 3 rings (SSSR count). The number of hydrogen-bond acceptors (Lipinski definition) is 6. The van der Waals surface area contributed by atoms with Crippen LogP contribution in [0.3, 0.4) is 0 Å². The van der Waals surface area contributed by atoms with Crippen molar-refractivity contribution in [1.29, 1.82) is 0 Å². The minimum Gasteiger partial charge on any atom is -0.456 e. The average molecular weight is 382 g/mol. The summed E-state index contributed by atoms with van der Waals surface area (Å²) < 4.78 is 24.9. The minimum absolute atomic E-state index is 0.0739. The number of hydrogen-bond donors (Lipinski definition) is 0. The summed E-state index contributed by atoms with van der Waals surface area (Å²) in [7, 11) is 0. The van der Waals surface area contributed by atoms with Gasteiger partial charge in [-0.15, -0.1) is 0 Å². The Morgan fingerprint density at radius 1 is 1.27 bits per heavy atom. The number of esters is 1. The molecule has 0 bridgehead atoms. The standard InChI is InChI=1S/C17H13ClFNO6/c1-8(21)25-14-15(24)17(2,9-4-3-5-10(18)13(9)19)26-16(14)20-11(22)6-7-12(20)23/h3-5H,6-7H2,1-2H3. The van der Waals surface area contributed by atoms with E-state index in [1.165, 1.54) is 25.1 Å². The zero-order valence-electron chi connectivity index (χ0n) is 13.8. The van der Waals surface area contributed by atoms with Crippen LogP contribution in [0.4, 0.5) is 4.39 Å². The van der Waals surface area contributed by atoms with Gasteiger partial charge in [-0.1, -0.05) is 23.7 Å². The van der Waals surface area contributed by atoms with Gasteiger partial charge in [0.1, 0.15) is 5.82 Å². The van der Waals surface area contributed by atoms with E-state index in [2.05, 4.69) is 0 Å². The van der Waals surface area contributed by atoms with Crippen LogP contribution in [-0.4, -0.2) is 28.5 Å². The van der Waals surface area contributed by atoms with Crippen LogP contribution in [0, 0.1) is 5.82 Å². The molecular formula is C17H13ClFNO6. The van der Waals surface area contributed by atoms with E-state index in [0.29, 0.717) is 4.90 Å². The first-order valence-corrected chi connectivity index (χ1v) is 8.01. The van der Waals surface area contributed by atoms with Gasteiger partial charge in [-0.3, -0.25) is 19.2 Å². The number of likely N-dealkylation sites (tertiary alicyclic amines) is 1. The normalized spacial score (nSPS) is 22.9. The van der Waals surface area contributed by atoms with E-state index in [9.17, 15) is 23.6 Å². The Morgan fingerprint density at radius 2 is 1.88 bits per heavy atom. The van der Waals surface area contributed by atoms with Gasteiger partial charge in [0.25, 0.3) is 11.7 Å². The molecule has 1 unspecified atom stereocenters. The maximum absolute atomic E-state index is 14.5. The van der Waals surface area contributed by atoms with E-state index < -0.39 is 46.6 Å². The second-order valence-corrected chi connectivity index (χ2v) is 6.32. The van der Waals surface area contributed by atoms with Crippen molar-refractivity contribution in [1.82, 2.24) is 4.90 Å². The predicted molar refractivity (Wildman–Crippen MR) is 84.7 cm³/mol. The van der Waals surface area contributed by atoms with Crippen molar-refractivity contribution >= 4 is 35.2 Å². The third-order valence-corrected chi connectivity index (χ3v) is 4.39. The molecular weight excluding hydrogens is 369 g/mol. The molecule has 26 heavy (non-hydrogen) atoms. The number of nitrogens with zero attached hydrogens (tertiary/aromatic N) is 1. The fraction of sp³-hybridized carbons (Fsp3) is 0.294. The first-order chi connectivity index (χ1) is 12.2. The summed E-state index contributed by atoms with van der Waals surface area (Å²) in [4.78, 5) is 49.0. The van der Waals surface area contributed by atoms with Crippen LogP contribution in [-0.2, 0) is 34.3 Å². The van der Waals surface area contributed by atoms with Crippen molar-refractivity contribution in [2.24, 2.45) is 0 Å². The molecule has 0 radical (unpaired) electrons. The lowest BCUT2D eigenvalue weighted by Crippen LogP contribution is -2.34. The maximum atomic E-state index is 14.5. The van der Waals surface area contributed by atoms with Crippen LogP contribution in [0.15, 0.2) is 29.8 Å². The molecule has 0 spiro atoms. The average Bonchev–Trinajstić information content (AvgIpc) is 3.01. The van der Waals surface area contributed by atoms with E-state index in [-0.39, 0.29) is 23.4 Å². The van der Waals surface area contributed by atoms with Gasteiger partial charge in [-0.05, 0) is 13.0 Å². The molecule has 2 amide bonds. The van der Waals surface area contributed by atoms with Gasteiger partial charge in [0, 0.05) is 25.3 Å². The Labute approximate surface area is 152 Å². The van der Waals surface area contributed by atoms with Crippen molar-refractivity contribution in [3.63, 3.8) is 0 Å². The predicted octanol–water partition coefficient (Wildman–Crippen LogP) is 2.17. The SMILES string of the molecule is CC(=O)OC1=C(N2C(=O)CCC2=O)OC(C)(c2cccc(Cl)c2F)C1=O. The third kappa shape index (κ3) is 2.66. The van der Waals surface area contributed by atoms with Gasteiger partial charge < -0.3 is 9.47 Å². The van der Waals surface area contributed by atoms with Gasteiger partial charge in [0.05, 0.1) is 5.02 Å². The fourth-order valence-electron chi connectivity index (χ4n) is 2.83. The number of carbonyl (C=O) groups is 4. The number of Topliss-reactive ketones (excluding diaryl/α,β-unsaturated/α-hetero) is 1. The molecule has 136 valence electrons. The molecule has 1 aromatic carbocycles. The van der Waals surface area contributed by atoms with E-state index in [4.69, 9.17) is 21.1 Å². The van der Waals surface area contributed by atoms with Crippen LogP contribution < -0.4 is 0 Å². The van der Waals surface area contributed by atoms with Gasteiger partial charge >= 0.3 is 5.97 Å². The molecule has 0 aliphatic carbocycles. The largest absolute Gasteiger partial charge is 0.456 e. The van der Waals surface area contributed by atoms with Crippen molar-refractivity contribution in [2.75, 3.05) is 0 Å². The zero-order valence-corrected chi connectivity index (χ0v) is 14.6. The highest BCUT2D eigenvalue weighted by Gasteiger charge is 2.54. The van der Waals surface area contributed by atoms with Crippen LogP contribution in [0.5, 0.6) is 0 Å². The van der Waals surface area contributed by atoms with Crippen LogP contribution in [0.25, 0.3) is 0 Å². The van der Waals surface area contributed by atoms with Crippen molar-refractivity contribution in [3.05, 3.63) is 46.2 Å². The number of carbonyl (C=O) groups excluding carboxylic acids is 4. The summed E-state index contributed by atoms with van der Waals surface area (Å²) in [5.41, 5.74) is -2.17. The molecule has 1 aromatic rings. The Bertz CT molecular complexity index is 879. The van der Waals surface area contributed by atoms with Gasteiger partial charge in [0.2, 0.25) is 23.2 Å². The summed E-state index contributed by atoms with van der Waals surface area (Å²) >= 11 is 5.77. The zero-order chi connectivity index (χ0) is 19.2. The number of halogens is 2. The van der Waals surface area contributed by atoms with E-state index in [1.807, 2.05) is 0 Å². The second-order valence-electron chi connectivity index (χ2n) is 5.92. The molecule has 2 aliphatic rings. The summed E-state index contributed by atoms with van der Waals surface area (Å²) in [6.45, 7) is 2.28.